The Morgan fingerprint density at radius 1 is 1.20 bits per heavy atom. The molecule has 1 rings (SSSR count). The molecule has 10 heavy (non-hydrogen) atoms. The summed E-state index contributed by atoms with van der Waals surface area (Å²) in [6.07, 6.45) is 0. The third-order valence-electron chi connectivity index (χ3n) is 1.12. The van der Waals surface area contributed by atoms with Crippen LogP contribution in [0.3, 0.4) is 0 Å². The SMILES string of the molecule is CC1(C)NCCO1.[Na].[Na].[Na]. The van der Waals surface area contributed by atoms with Crippen molar-refractivity contribution in [2.24, 2.45) is 0 Å². The van der Waals surface area contributed by atoms with E-state index in [4.69, 9.17) is 4.74 Å². The topological polar surface area (TPSA) is 21.3 Å². The summed E-state index contributed by atoms with van der Waals surface area (Å²) in [5.74, 6) is 0. The Bertz CT molecular complexity index is 71.3. The van der Waals surface area contributed by atoms with Gasteiger partial charge in [0.15, 0.2) is 0 Å². The number of hydrogen-bond donors (Lipinski definition) is 1. The molecule has 45 valence electrons. The zero-order valence-electron chi connectivity index (χ0n) is 7.82. The Morgan fingerprint density at radius 3 is 1.80 bits per heavy atom. The number of hydrogen-bond acceptors (Lipinski definition) is 2. The van der Waals surface area contributed by atoms with Crippen LogP contribution in [-0.4, -0.2) is 108 Å². The maximum atomic E-state index is 5.23. The van der Waals surface area contributed by atoms with Gasteiger partial charge in [-0.2, -0.15) is 0 Å². The van der Waals surface area contributed by atoms with Crippen molar-refractivity contribution in [1.29, 1.82) is 0 Å². The summed E-state index contributed by atoms with van der Waals surface area (Å²) in [5, 5.41) is 3.17. The first-order chi connectivity index (χ1) is 3.21. The summed E-state index contributed by atoms with van der Waals surface area (Å²) < 4.78 is 5.23. The second-order valence-corrected chi connectivity index (χ2v) is 2.29. The van der Waals surface area contributed by atoms with Gasteiger partial charge in [-0.05, 0) is 13.8 Å². The van der Waals surface area contributed by atoms with E-state index in [0.717, 1.165) is 13.2 Å². The number of nitrogens with one attached hydrogen (secondary N) is 1. The summed E-state index contributed by atoms with van der Waals surface area (Å²) in [7, 11) is 0. The van der Waals surface area contributed by atoms with E-state index in [1.165, 1.54) is 0 Å². The maximum absolute atomic E-state index is 5.23. The molecular formula is C5H11NNa3O. The van der Waals surface area contributed by atoms with Crippen molar-refractivity contribution >= 4 is 88.7 Å². The van der Waals surface area contributed by atoms with Crippen LogP contribution < -0.4 is 5.32 Å². The van der Waals surface area contributed by atoms with E-state index in [0.29, 0.717) is 0 Å². The molecule has 0 amide bonds. The van der Waals surface area contributed by atoms with Crippen molar-refractivity contribution < 1.29 is 4.74 Å². The Labute approximate surface area is 129 Å². The minimum absolute atomic E-state index is 0. The van der Waals surface area contributed by atoms with Gasteiger partial charge in [-0.25, -0.2) is 0 Å². The molecule has 0 aliphatic carbocycles. The molecule has 2 nitrogen and oxygen atoms in total. The van der Waals surface area contributed by atoms with E-state index >= 15 is 0 Å². The second-order valence-electron chi connectivity index (χ2n) is 2.29. The van der Waals surface area contributed by atoms with E-state index in [2.05, 4.69) is 5.32 Å². The summed E-state index contributed by atoms with van der Waals surface area (Å²) in [4.78, 5) is 0. The molecule has 0 bridgehead atoms. The van der Waals surface area contributed by atoms with Crippen molar-refractivity contribution in [3.63, 3.8) is 0 Å². The molecule has 1 N–H and O–H groups in total. The molecule has 0 saturated carbocycles. The van der Waals surface area contributed by atoms with Crippen LogP contribution in [0.15, 0.2) is 0 Å². The minimum Gasteiger partial charge on any atom is -0.360 e. The Kier molecular flexibility index (Phi) is 15.9. The van der Waals surface area contributed by atoms with Crippen LogP contribution in [-0.2, 0) is 4.74 Å². The monoisotopic (exact) mass is 170 g/mol. The molecule has 3 radical (unpaired) electrons. The first-order valence-electron chi connectivity index (χ1n) is 2.60. The van der Waals surface area contributed by atoms with Gasteiger partial charge in [-0.15, -0.1) is 0 Å². The van der Waals surface area contributed by atoms with Crippen LogP contribution in [0.1, 0.15) is 13.8 Å². The molecule has 0 aromatic heterocycles. The fraction of sp³-hybridized carbons (Fsp3) is 1.00. The smallest absolute Gasteiger partial charge is 0.113 e. The van der Waals surface area contributed by atoms with Gasteiger partial charge in [-0.1, -0.05) is 0 Å². The molecule has 1 heterocycles. The zero-order chi connectivity index (χ0) is 5.33. The fourth-order valence-electron chi connectivity index (χ4n) is 0.709. The normalized spacial score (nSPS) is 19.8. The molecule has 1 saturated heterocycles. The maximum Gasteiger partial charge on any atom is 0.113 e. The van der Waals surface area contributed by atoms with E-state index in [1.807, 2.05) is 13.8 Å². The van der Waals surface area contributed by atoms with E-state index in [1.54, 1.807) is 0 Å². The third kappa shape index (κ3) is 7.56. The predicted molar refractivity (Wildman–Crippen MR) is 45.3 cm³/mol. The van der Waals surface area contributed by atoms with Crippen LogP contribution in [0, 0.1) is 0 Å². The first kappa shape index (κ1) is 18.7. The van der Waals surface area contributed by atoms with Gasteiger partial charge < -0.3 is 4.74 Å². The minimum atomic E-state index is -0.0556. The Morgan fingerprint density at radius 2 is 1.70 bits per heavy atom. The zero-order valence-corrected chi connectivity index (χ0v) is 13.8. The van der Waals surface area contributed by atoms with Crippen molar-refractivity contribution in [3.8, 4) is 0 Å². The summed E-state index contributed by atoms with van der Waals surface area (Å²) >= 11 is 0. The van der Waals surface area contributed by atoms with Crippen molar-refractivity contribution in [2.45, 2.75) is 19.6 Å². The summed E-state index contributed by atoms with van der Waals surface area (Å²) in [5.41, 5.74) is -0.0556. The predicted octanol–water partition coefficient (Wildman–Crippen LogP) is -0.800. The average molecular weight is 170 g/mol. The third-order valence-corrected chi connectivity index (χ3v) is 1.12. The molecule has 0 unspecified atom stereocenters. The molecule has 1 aliphatic rings. The fourth-order valence-corrected chi connectivity index (χ4v) is 0.709. The van der Waals surface area contributed by atoms with Crippen molar-refractivity contribution in [1.82, 2.24) is 5.32 Å². The quantitative estimate of drug-likeness (QED) is 0.480. The molecule has 5 heteroatoms. The standard InChI is InChI=1S/C5H11NO.3Na/c1-5(2)6-3-4-7-5;;;/h6H,3-4H2,1-2H3;;;. The summed E-state index contributed by atoms with van der Waals surface area (Å²) in [6.45, 7) is 5.90. The van der Waals surface area contributed by atoms with E-state index < -0.39 is 0 Å². The van der Waals surface area contributed by atoms with E-state index in [-0.39, 0.29) is 94.4 Å². The molecule has 0 aromatic carbocycles. The van der Waals surface area contributed by atoms with E-state index in [9.17, 15) is 0 Å². The van der Waals surface area contributed by atoms with Gasteiger partial charge in [0.1, 0.15) is 5.72 Å². The van der Waals surface area contributed by atoms with Crippen molar-refractivity contribution in [3.05, 3.63) is 0 Å². The Balaban J connectivity index is -0.000000163. The average Bonchev–Trinajstić information content (AvgIpc) is 1.84. The molecule has 1 aliphatic heterocycles. The summed E-state index contributed by atoms with van der Waals surface area (Å²) in [6, 6.07) is 0. The number of rotatable bonds is 0. The molecule has 0 atom stereocenters. The molecule has 1 fully saturated rings. The van der Waals surface area contributed by atoms with Crippen LogP contribution >= 0.6 is 0 Å². The van der Waals surface area contributed by atoms with Crippen molar-refractivity contribution in [2.75, 3.05) is 13.2 Å². The first-order valence-corrected chi connectivity index (χ1v) is 2.60. The van der Waals surface area contributed by atoms with Crippen LogP contribution in [0.25, 0.3) is 0 Å². The van der Waals surface area contributed by atoms with Crippen LogP contribution in [0.5, 0.6) is 0 Å². The van der Waals surface area contributed by atoms with Gasteiger partial charge in [0.25, 0.3) is 0 Å². The van der Waals surface area contributed by atoms with Gasteiger partial charge in [0, 0.05) is 95.2 Å². The van der Waals surface area contributed by atoms with Crippen LogP contribution in [0.2, 0.25) is 0 Å². The number of ether oxygens (including phenoxy) is 1. The van der Waals surface area contributed by atoms with Gasteiger partial charge in [-0.3, -0.25) is 5.32 Å². The van der Waals surface area contributed by atoms with Gasteiger partial charge >= 0.3 is 0 Å². The van der Waals surface area contributed by atoms with Crippen LogP contribution in [0.4, 0.5) is 0 Å². The molecular weight excluding hydrogens is 159 g/mol. The second kappa shape index (κ2) is 8.52. The largest absolute Gasteiger partial charge is 0.360 e. The van der Waals surface area contributed by atoms with Gasteiger partial charge in [0.05, 0.1) is 6.61 Å². The molecule has 0 aromatic rings. The molecule has 0 spiro atoms. The Hall–Kier alpha value is 2.92. The van der Waals surface area contributed by atoms with Gasteiger partial charge in [0.2, 0.25) is 0 Å².